The molecule has 0 aliphatic carbocycles. The quantitative estimate of drug-likeness (QED) is 0.834. The summed E-state index contributed by atoms with van der Waals surface area (Å²) in [7, 11) is -7.97. The molecule has 0 amide bonds. The first kappa shape index (κ1) is 18.5. The van der Waals surface area contributed by atoms with Crippen LogP contribution in [0.2, 0.25) is 0 Å². The highest BCUT2D eigenvalue weighted by atomic mass is 32.2. The molecule has 0 aromatic heterocycles. The molecule has 6 nitrogen and oxygen atoms in total. The van der Waals surface area contributed by atoms with E-state index in [1.165, 1.54) is 36.4 Å². The number of sulfonamides is 2. The number of halogens is 1. The molecule has 0 saturated heterocycles. The maximum atomic E-state index is 13.3. The number of nitrogens with zero attached hydrogens (tertiary/aromatic N) is 1. The lowest BCUT2D eigenvalue weighted by molar-refractivity contribution is 0.422. The number of nitrogens with two attached hydrogens (primary N) is 1. The Bertz CT molecular complexity index is 943. The van der Waals surface area contributed by atoms with Crippen LogP contribution in [0.25, 0.3) is 0 Å². The summed E-state index contributed by atoms with van der Waals surface area (Å²) < 4.78 is 62.7. The van der Waals surface area contributed by atoms with Crippen molar-refractivity contribution >= 4 is 20.0 Å². The van der Waals surface area contributed by atoms with E-state index in [1.807, 2.05) is 0 Å². The van der Waals surface area contributed by atoms with Crippen molar-refractivity contribution in [2.45, 2.75) is 23.3 Å². The van der Waals surface area contributed by atoms with E-state index in [2.05, 4.69) is 0 Å². The molecule has 130 valence electrons. The second-order valence-corrected chi connectivity index (χ2v) is 8.58. The number of primary sulfonamides is 1. The van der Waals surface area contributed by atoms with Crippen molar-refractivity contribution in [3.63, 3.8) is 0 Å². The molecule has 2 aromatic rings. The summed E-state index contributed by atoms with van der Waals surface area (Å²) in [6.07, 6.45) is 0. The van der Waals surface area contributed by atoms with E-state index in [1.54, 1.807) is 13.0 Å². The van der Waals surface area contributed by atoms with Crippen molar-refractivity contribution in [1.29, 1.82) is 0 Å². The molecule has 0 atom stereocenters. The first-order valence-electron chi connectivity index (χ1n) is 7.02. The Morgan fingerprint density at radius 1 is 1.00 bits per heavy atom. The summed E-state index contributed by atoms with van der Waals surface area (Å²) in [5.74, 6) is -0.461. The average Bonchev–Trinajstić information content (AvgIpc) is 2.52. The SMILES string of the molecule is CCN(Cc1cccc(F)c1)S(=O)(=O)c1cccc(S(N)(=O)=O)c1. The van der Waals surface area contributed by atoms with Gasteiger partial charge in [0.2, 0.25) is 20.0 Å². The van der Waals surface area contributed by atoms with E-state index in [-0.39, 0.29) is 22.9 Å². The highest BCUT2D eigenvalue weighted by Crippen LogP contribution is 2.21. The number of hydrogen-bond acceptors (Lipinski definition) is 4. The van der Waals surface area contributed by atoms with Crippen LogP contribution in [0.5, 0.6) is 0 Å². The molecule has 9 heteroatoms. The van der Waals surface area contributed by atoms with Gasteiger partial charge in [0.1, 0.15) is 5.82 Å². The molecule has 0 unspecified atom stereocenters. The molecule has 0 heterocycles. The average molecular weight is 372 g/mol. The van der Waals surface area contributed by atoms with Crippen LogP contribution in [-0.4, -0.2) is 27.7 Å². The second kappa shape index (κ2) is 6.98. The largest absolute Gasteiger partial charge is 0.243 e. The third-order valence-corrected chi connectivity index (χ3v) is 6.20. The summed E-state index contributed by atoms with van der Waals surface area (Å²) in [4.78, 5) is -0.474. The van der Waals surface area contributed by atoms with Crippen molar-refractivity contribution in [2.24, 2.45) is 5.14 Å². The Labute approximate surface area is 140 Å². The van der Waals surface area contributed by atoms with Crippen LogP contribution in [-0.2, 0) is 26.6 Å². The molecule has 0 radical (unpaired) electrons. The minimum atomic E-state index is -4.02. The van der Waals surface area contributed by atoms with Gasteiger partial charge in [0.25, 0.3) is 0 Å². The molecule has 0 bridgehead atoms. The van der Waals surface area contributed by atoms with Crippen LogP contribution >= 0.6 is 0 Å². The fraction of sp³-hybridized carbons (Fsp3) is 0.200. The Hall–Kier alpha value is -1.81. The van der Waals surface area contributed by atoms with Crippen molar-refractivity contribution in [2.75, 3.05) is 6.54 Å². The molecule has 2 aromatic carbocycles. The second-order valence-electron chi connectivity index (χ2n) is 5.08. The highest BCUT2D eigenvalue weighted by Gasteiger charge is 2.24. The zero-order valence-corrected chi connectivity index (χ0v) is 14.5. The number of benzene rings is 2. The van der Waals surface area contributed by atoms with Crippen LogP contribution in [0.15, 0.2) is 58.3 Å². The number of hydrogen-bond donors (Lipinski definition) is 1. The molecule has 0 aliphatic rings. The monoisotopic (exact) mass is 372 g/mol. The maximum absolute atomic E-state index is 13.3. The summed E-state index contributed by atoms with van der Waals surface area (Å²) in [5.41, 5.74) is 0.489. The molecule has 0 saturated carbocycles. The van der Waals surface area contributed by atoms with E-state index in [0.717, 1.165) is 10.4 Å². The molecule has 0 fully saturated rings. The maximum Gasteiger partial charge on any atom is 0.243 e. The van der Waals surface area contributed by atoms with Gasteiger partial charge in [-0.1, -0.05) is 25.1 Å². The van der Waals surface area contributed by atoms with Gasteiger partial charge in [0.15, 0.2) is 0 Å². The predicted octanol–water partition coefficient (Wildman–Crippen LogP) is 1.68. The normalized spacial score (nSPS) is 12.5. The zero-order chi connectivity index (χ0) is 18.0. The van der Waals surface area contributed by atoms with E-state index in [4.69, 9.17) is 5.14 Å². The minimum Gasteiger partial charge on any atom is -0.225 e. The van der Waals surface area contributed by atoms with Crippen molar-refractivity contribution in [3.05, 3.63) is 59.9 Å². The van der Waals surface area contributed by atoms with E-state index < -0.39 is 25.9 Å². The number of rotatable bonds is 6. The Morgan fingerprint density at radius 3 is 2.21 bits per heavy atom. The lowest BCUT2D eigenvalue weighted by atomic mass is 10.2. The van der Waals surface area contributed by atoms with Gasteiger partial charge in [-0.3, -0.25) is 0 Å². The van der Waals surface area contributed by atoms with Crippen molar-refractivity contribution in [1.82, 2.24) is 4.31 Å². The molecule has 2 N–H and O–H groups in total. The molecule has 2 rings (SSSR count). The van der Waals surface area contributed by atoms with Gasteiger partial charge in [-0.25, -0.2) is 26.4 Å². The van der Waals surface area contributed by atoms with E-state index >= 15 is 0 Å². The van der Waals surface area contributed by atoms with Crippen molar-refractivity contribution in [3.8, 4) is 0 Å². The Balaban J connectivity index is 2.40. The Kier molecular flexibility index (Phi) is 5.38. The fourth-order valence-electron chi connectivity index (χ4n) is 2.17. The smallest absolute Gasteiger partial charge is 0.225 e. The molecular weight excluding hydrogens is 355 g/mol. The third-order valence-electron chi connectivity index (χ3n) is 3.37. The van der Waals surface area contributed by atoms with Gasteiger partial charge in [-0.15, -0.1) is 0 Å². The van der Waals surface area contributed by atoms with Crippen LogP contribution in [0.1, 0.15) is 12.5 Å². The van der Waals surface area contributed by atoms with Gasteiger partial charge in [-0.05, 0) is 35.9 Å². The van der Waals surface area contributed by atoms with Crippen LogP contribution in [0, 0.1) is 5.82 Å². The standard InChI is InChI=1S/C15H17FN2O4S2/c1-2-18(11-12-5-3-6-13(16)9-12)24(21,22)15-8-4-7-14(10-15)23(17,19)20/h3-10H,2,11H2,1H3,(H2,17,19,20). The van der Waals surface area contributed by atoms with Crippen molar-refractivity contribution < 1.29 is 21.2 Å². The Morgan fingerprint density at radius 2 is 1.62 bits per heavy atom. The molecular formula is C15H17FN2O4S2. The van der Waals surface area contributed by atoms with Gasteiger partial charge < -0.3 is 0 Å². The van der Waals surface area contributed by atoms with E-state index in [9.17, 15) is 21.2 Å². The zero-order valence-electron chi connectivity index (χ0n) is 12.9. The molecule has 0 aliphatic heterocycles. The molecule has 24 heavy (non-hydrogen) atoms. The highest BCUT2D eigenvalue weighted by molar-refractivity contribution is 7.90. The van der Waals surface area contributed by atoms with Gasteiger partial charge in [0, 0.05) is 13.1 Å². The van der Waals surface area contributed by atoms with Crippen LogP contribution < -0.4 is 5.14 Å². The topological polar surface area (TPSA) is 97.5 Å². The van der Waals surface area contributed by atoms with Crippen LogP contribution in [0.3, 0.4) is 0 Å². The fourth-order valence-corrected chi connectivity index (χ4v) is 4.28. The summed E-state index contributed by atoms with van der Waals surface area (Å²) in [6.45, 7) is 1.75. The van der Waals surface area contributed by atoms with E-state index in [0.29, 0.717) is 5.56 Å². The first-order chi connectivity index (χ1) is 11.1. The first-order valence-corrected chi connectivity index (χ1v) is 10.0. The lowest BCUT2D eigenvalue weighted by Crippen LogP contribution is -2.30. The van der Waals surface area contributed by atoms with Crippen LogP contribution in [0.4, 0.5) is 4.39 Å². The minimum absolute atomic E-state index is 0.0316. The predicted molar refractivity (Wildman–Crippen MR) is 87.5 cm³/mol. The third kappa shape index (κ3) is 4.18. The summed E-state index contributed by atoms with van der Waals surface area (Å²) >= 11 is 0. The van der Waals surface area contributed by atoms with Gasteiger partial charge >= 0.3 is 0 Å². The molecule has 0 spiro atoms. The summed E-state index contributed by atoms with van der Waals surface area (Å²) in [6, 6.07) is 10.5. The van der Waals surface area contributed by atoms with Gasteiger partial charge in [0.05, 0.1) is 9.79 Å². The van der Waals surface area contributed by atoms with Gasteiger partial charge in [-0.2, -0.15) is 4.31 Å². The summed E-state index contributed by atoms with van der Waals surface area (Å²) in [5, 5.41) is 5.04. The lowest BCUT2D eigenvalue weighted by Gasteiger charge is -2.21.